The smallest absolute Gasteiger partial charge is 0.423 e. The van der Waals surface area contributed by atoms with Gasteiger partial charge in [0.25, 0.3) is 7.37 Å². The molecule has 1 unspecified atom stereocenters. The van der Waals surface area contributed by atoms with Gasteiger partial charge < -0.3 is 34.8 Å². The minimum atomic E-state index is -3.61. The van der Waals surface area contributed by atoms with Gasteiger partial charge in [-0.1, -0.05) is 116 Å². The maximum Gasteiger partial charge on any atom is 0.488 e. The molecule has 9 rings (SSSR count). The summed E-state index contributed by atoms with van der Waals surface area (Å²) in [7, 11) is 0.978. The second-order valence-corrected chi connectivity index (χ2v) is 25.8. The Morgan fingerprint density at radius 3 is 1.82 bits per heavy atom. The number of aryl methyl sites for hydroxylation is 1. The maximum absolute atomic E-state index is 15.8. The number of anilines is 1. The van der Waals surface area contributed by atoms with Crippen molar-refractivity contribution in [3.8, 4) is 11.1 Å². The van der Waals surface area contributed by atoms with Crippen molar-refractivity contribution in [2.75, 3.05) is 59.3 Å². The van der Waals surface area contributed by atoms with Crippen LogP contribution in [0.3, 0.4) is 0 Å². The van der Waals surface area contributed by atoms with Gasteiger partial charge in [0.15, 0.2) is 11.5 Å². The van der Waals surface area contributed by atoms with Crippen LogP contribution in [0, 0.1) is 6.92 Å². The summed E-state index contributed by atoms with van der Waals surface area (Å²) in [5.74, 6) is -0.171. The van der Waals surface area contributed by atoms with Crippen LogP contribution in [0.2, 0.25) is 0 Å². The molecule has 7 aromatic carbocycles. The summed E-state index contributed by atoms with van der Waals surface area (Å²) in [6.45, 7) is 18.7. The summed E-state index contributed by atoms with van der Waals surface area (Å²) in [6, 6.07) is 42.7. The van der Waals surface area contributed by atoms with Gasteiger partial charge in [0.2, 0.25) is 5.91 Å². The molecule has 1 aliphatic carbocycles. The highest BCUT2D eigenvalue weighted by Crippen LogP contribution is 2.63. The van der Waals surface area contributed by atoms with Crippen LogP contribution >= 0.6 is 7.37 Å². The van der Waals surface area contributed by atoms with Crippen molar-refractivity contribution < 1.29 is 43.3 Å². The molecule has 0 saturated carbocycles. The fraction of sp³-hybridized carbons (Fsp3) is 0.282. The quantitative estimate of drug-likeness (QED) is 0.00876. The third-order valence-corrected chi connectivity index (χ3v) is 19.3. The highest BCUT2D eigenvalue weighted by molar-refractivity contribution is 7.71. The number of fused-ring (bicyclic) bond motifs is 4. The molecule has 0 radical (unpaired) electrons. The van der Waals surface area contributed by atoms with Gasteiger partial charge in [-0.2, -0.15) is 0 Å². The van der Waals surface area contributed by atoms with E-state index in [2.05, 4.69) is 120 Å². The van der Waals surface area contributed by atoms with E-state index in [9.17, 15) is 29.7 Å². The van der Waals surface area contributed by atoms with Crippen LogP contribution in [0.4, 0.5) is 5.69 Å². The average molecular weight is 1190 g/mol. The van der Waals surface area contributed by atoms with Crippen molar-refractivity contribution in [3.05, 3.63) is 220 Å². The second kappa shape index (κ2) is 28.1. The SMILES string of the molecule is C=C(C)C(=O)CCCCN(Cc1ccccc1B(O)O)Cc1c2ccccc2c(CN(CCCNC(=O)C(=C)C)Cc2ccccc2B(O)O)c2ccc(-c3ccc(C)c(C4=C5C=CC(=[N+](C)C)C=C5P(=O)(OCC)c5cc(N(C)C)ccc54)c3)cc12. The van der Waals surface area contributed by atoms with Crippen LogP contribution in [0.25, 0.3) is 38.2 Å². The first-order valence-electron chi connectivity index (χ1n) is 30.0. The number of carbonyl (C=O) groups excluding carboxylic acids is 2. The van der Waals surface area contributed by atoms with Gasteiger partial charge >= 0.3 is 14.2 Å². The molecule has 87 heavy (non-hydrogen) atoms. The van der Waals surface area contributed by atoms with Crippen LogP contribution < -0.4 is 26.4 Å². The number of carbonyl (C=O) groups is 2. The van der Waals surface area contributed by atoms with Crippen LogP contribution in [0.5, 0.6) is 0 Å². The van der Waals surface area contributed by atoms with Crippen molar-refractivity contribution in [2.45, 2.75) is 79.6 Å². The van der Waals surface area contributed by atoms with Crippen molar-refractivity contribution in [1.82, 2.24) is 15.1 Å². The lowest BCUT2D eigenvalue weighted by Crippen LogP contribution is -2.36. The molecule has 16 heteroatoms. The van der Waals surface area contributed by atoms with E-state index in [4.69, 9.17) is 4.52 Å². The third-order valence-electron chi connectivity index (χ3n) is 16.7. The summed E-state index contributed by atoms with van der Waals surface area (Å²) < 4.78 is 24.2. The summed E-state index contributed by atoms with van der Waals surface area (Å²) in [5, 5.41) is 50.9. The number of nitrogens with zero attached hydrogens (tertiary/aromatic N) is 4. The monoisotopic (exact) mass is 1180 g/mol. The minimum Gasteiger partial charge on any atom is -0.423 e. The zero-order valence-electron chi connectivity index (χ0n) is 51.6. The van der Waals surface area contributed by atoms with Crippen molar-refractivity contribution in [1.29, 1.82) is 0 Å². The Balaban J connectivity index is 1.25. The van der Waals surface area contributed by atoms with Gasteiger partial charge in [0, 0.05) is 83.2 Å². The number of hydrogen-bond donors (Lipinski definition) is 5. The van der Waals surface area contributed by atoms with Crippen LogP contribution in [-0.2, 0) is 44.9 Å². The molecule has 13 nitrogen and oxygen atoms in total. The number of amides is 1. The maximum atomic E-state index is 15.8. The van der Waals surface area contributed by atoms with E-state index in [0.717, 1.165) is 94.2 Å². The molecular formula is C71H81B2N5O8P+. The molecule has 1 atom stereocenters. The number of nitrogens with one attached hydrogen (secondary N) is 1. The number of allylic oxidation sites excluding steroid dienone is 6. The van der Waals surface area contributed by atoms with E-state index in [1.54, 1.807) is 38.1 Å². The molecule has 2 aliphatic rings. The first-order chi connectivity index (χ1) is 41.7. The number of hydrogen-bond acceptors (Lipinski definition) is 11. The Hall–Kier alpha value is -7.55. The van der Waals surface area contributed by atoms with E-state index < -0.39 is 21.6 Å². The van der Waals surface area contributed by atoms with Gasteiger partial charge in [-0.25, -0.2) is 4.58 Å². The lowest BCUT2D eigenvalue weighted by Gasteiger charge is -2.33. The lowest BCUT2D eigenvalue weighted by atomic mass is 9.77. The van der Waals surface area contributed by atoms with Gasteiger partial charge in [-0.15, -0.1) is 0 Å². The minimum absolute atomic E-state index is 0.0362. The number of Topliss-reactive ketones (excluding diaryl/α,β-unsaturated/α-hetero) is 1. The topological polar surface area (TPSA) is 166 Å². The normalized spacial score (nSPS) is 14.6. The summed E-state index contributed by atoms with van der Waals surface area (Å²) in [6.07, 6.45) is 8.54. The number of benzene rings is 7. The number of ketones is 1. The van der Waals surface area contributed by atoms with Crippen LogP contribution in [-0.4, -0.2) is 121 Å². The van der Waals surface area contributed by atoms with Gasteiger partial charge in [0.1, 0.15) is 14.1 Å². The Morgan fingerprint density at radius 2 is 1.23 bits per heavy atom. The van der Waals surface area contributed by atoms with Gasteiger partial charge in [-0.3, -0.25) is 24.0 Å². The molecule has 7 aromatic rings. The molecule has 5 N–H and O–H groups in total. The standard InChI is InChI=1S/C71H80B2N5O8P/c1-11-86-87(85)68-41-54(75(7)8)31-34-59(68)70(60-35-32-55(76(9)10)42-69(60)87)61-39-50(29-28-49(61)6)51-30-33-58-62(40-51)64(46-77(37-19-18-27-67(79)47(2)3)43-52-21-12-16-25-65(52)72(81)82)57-24-15-14-23-56(57)63(58)45-78(38-20-36-74-71(80)48(4)5)44-53-22-13-17-26-66(53)73(83)84/h12-17,21-26,28-35,39-42,81-84H,2,4,11,18-20,27,36-38,43-46H2,1,3,5-10H3/p+1. The lowest BCUT2D eigenvalue weighted by molar-refractivity contribution is -0.462. The molecule has 0 fully saturated rings. The Labute approximate surface area is 513 Å². The van der Waals surface area contributed by atoms with E-state index in [0.29, 0.717) is 104 Å². The summed E-state index contributed by atoms with van der Waals surface area (Å²) >= 11 is 0. The molecule has 1 amide bonds. The first-order valence-corrected chi connectivity index (χ1v) is 31.6. The van der Waals surface area contributed by atoms with Crippen LogP contribution in [0.15, 0.2) is 181 Å². The fourth-order valence-electron chi connectivity index (χ4n) is 12.0. The number of rotatable bonds is 26. The zero-order valence-corrected chi connectivity index (χ0v) is 52.5. The average Bonchev–Trinajstić information content (AvgIpc) is 0.802. The zero-order chi connectivity index (χ0) is 62.3. The van der Waals surface area contributed by atoms with E-state index in [1.807, 2.05) is 81.0 Å². The summed E-state index contributed by atoms with van der Waals surface area (Å²) in [4.78, 5) is 32.2. The molecule has 1 heterocycles. The molecule has 1 aliphatic heterocycles. The molecule has 0 bridgehead atoms. The Kier molecular flexibility index (Phi) is 20.6. The van der Waals surface area contributed by atoms with E-state index >= 15 is 4.57 Å². The highest BCUT2D eigenvalue weighted by Gasteiger charge is 2.43. The molecule has 0 saturated heterocycles. The van der Waals surface area contributed by atoms with E-state index in [1.165, 1.54) is 0 Å². The molecule has 448 valence electrons. The van der Waals surface area contributed by atoms with Gasteiger partial charge in [0.05, 0.1) is 17.2 Å². The Bertz CT molecular complexity index is 3990. The third kappa shape index (κ3) is 14.2. The van der Waals surface area contributed by atoms with E-state index in [-0.39, 0.29) is 18.3 Å². The predicted octanol–water partition coefficient (Wildman–Crippen LogP) is 9.72. The van der Waals surface area contributed by atoms with Crippen molar-refractivity contribution in [3.63, 3.8) is 0 Å². The first kappa shape index (κ1) is 63.9. The molecular weight excluding hydrogens is 1100 g/mol. The Morgan fingerprint density at radius 1 is 0.655 bits per heavy atom. The largest absolute Gasteiger partial charge is 0.488 e. The molecule has 0 aromatic heterocycles. The fourth-order valence-corrected chi connectivity index (χ4v) is 14.6. The van der Waals surface area contributed by atoms with Crippen molar-refractivity contribution in [2.24, 2.45) is 0 Å². The second-order valence-electron chi connectivity index (χ2n) is 23.4. The summed E-state index contributed by atoms with van der Waals surface area (Å²) in [5.41, 5.74) is 14.0. The predicted molar refractivity (Wildman–Crippen MR) is 358 cm³/mol. The number of unbranched alkanes of at least 4 members (excludes halogenated alkanes) is 1. The molecule has 0 spiro atoms. The highest BCUT2D eigenvalue weighted by atomic mass is 31.2. The van der Waals surface area contributed by atoms with Crippen LogP contribution in [0.1, 0.15) is 85.4 Å². The van der Waals surface area contributed by atoms with Gasteiger partial charge in [-0.05, 0) is 183 Å². The van der Waals surface area contributed by atoms with Crippen molar-refractivity contribution >= 4 is 88.0 Å².